The van der Waals surface area contributed by atoms with Crippen LogP contribution in [-0.2, 0) is 24.1 Å². The molecule has 3 rings (SSSR count). The number of aryl methyl sites for hydroxylation is 2. The van der Waals surface area contributed by atoms with E-state index in [4.69, 9.17) is 17.3 Å². The number of ether oxygens (including phenoxy) is 1. The highest BCUT2D eigenvalue weighted by Crippen LogP contribution is 2.27. The third-order valence-corrected chi connectivity index (χ3v) is 4.73. The van der Waals surface area contributed by atoms with Crippen molar-refractivity contribution in [3.8, 4) is 5.75 Å². The number of anilines is 1. The average Bonchev–Trinajstić information content (AvgIpc) is 3.17. The van der Waals surface area contributed by atoms with Crippen molar-refractivity contribution in [3.63, 3.8) is 0 Å². The van der Waals surface area contributed by atoms with Gasteiger partial charge in [0.1, 0.15) is 11.4 Å². The molecule has 0 atom stereocenters. The van der Waals surface area contributed by atoms with Crippen LogP contribution in [-0.4, -0.2) is 28.6 Å². The van der Waals surface area contributed by atoms with E-state index >= 15 is 0 Å². The van der Waals surface area contributed by atoms with Crippen LogP contribution < -0.4 is 15.8 Å². The molecule has 0 unspecified atom stereocenters. The molecule has 0 radical (unpaired) electrons. The maximum atomic E-state index is 12.4. The Hall–Kier alpha value is -3.46. The highest BCUT2D eigenvalue weighted by molar-refractivity contribution is 6.32. The summed E-state index contributed by atoms with van der Waals surface area (Å²) < 4.78 is 28.9. The summed E-state index contributed by atoms with van der Waals surface area (Å²) in [5.74, 6) is -1.00. The SMILES string of the molecule is NC(=O)c1[nH]ncc1CCc1cccc(NC(=O)Cc2ccc(OC(F)F)c(Cl)c2)c1. The van der Waals surface area contributed by atoms with E-state index in [1.165, 1.54) is 18.2 Å². The normalized spacial score (nSPS) is 10.8. The zero-order valence-electron chi connectivity index (χ0n) is 16.2. The number of rotatable bonds is 9. The van der Waals surface area contributed by atoms with Crippen LogP contribution in [0.25, 0.3) is 0 Å². The molecule has 162 valence electrons. The summed E-state index contributed by atoms with van der Waals surface area (Å²) in [5, 5.41) is 9.22. The van der Waals surface area contributed by atoms with Crippen molar-refractivity contribution in [3.05, 3.63) is 76.1 Å². The molecule has 2 amide bonds. The molecule has 0 aliphatic rings. The molecule has 7 nitrogen and oxygen atoms in total. The fraction of sp³-hybridized carbons (Fsp3) is 0.190. The second-order valence-corrected chi connectivity index (χ2v) is 7.11. The van der Waals surface area contributed by atoms with Crippen molar-refractivity contribution in [2.45, 2.75) is 25.9 Å². The minimum atomic E-state index is -2.98. The average molecular weight is 449 g/mol. The van der Waals surface area contributed by atoms with Crippen LogP contribution in [0.5, 0.6) is 5.75 Å². The number of carbonyl (C=O) groups is 2. The van der Waals surface area contributed by atoms with E-state index in [9.17, 15) is 18.4 Å². The van der Waals surface area contributed by atoms with Crippen LogP contribution in [0.4, 0.5) is 14.5 Å². The van der Waals surface area contributed by atoms with Gasteiger partial charge in [-0.05, 0) is 48.2 Å². The van der Waals surface area contributed by atoms with Gasteiger partial charge in [-0.15, -0.1) is 0 Å². The van der Waals surface area contributed by atoms with Gasteiger partial charge in [0.2, 0.25) is 5.91 Å². The number of halogens is 3. The van der Waals surface area contributed by atoms with Crippen LogP contribution in [0, 0.1) is 0 Å². The van der Waals surface area contributed by atoms with Gasteiger partial charge in [0.05, 0.1) is 17.6 Å². The number of hydrogen-bond acceptors (Lipinski definition) is 4. The molecule has 2 aromatic carbocycles. The Morgan fingerprint density at radius 3 is 2.68 bits per heavy atom. The van der Waals surface area contributed by atoms with E-state index in [1.54, 1.807) is 12.3 Å². The largest absolute Gasteiger partial charge is 0.433 e. The third kappa shape index (κ3) is 6.26. The summed E-state index contributed by atoms with van der Waals surface area (Å²) in [6, 6.07) is 11.5. The highest BCUT2D eigenvalue weighted by Gasteiger charge is 2.12. The minimum Gasteiger partial charge on any atom is -0.433 e. The molecule has 0 spiro atoms. The van der Waals surface area contributed by atoms with Crippen molar-refractivity contribution >= 4 is 29.1 Å². The van der Waals surface area contributed by atoms with Gasteiger partial charge >= 0.3 is 6.61 Å². The van der Waals surface area contributed by atoms with Crippen LogP contribution in [0.3, 0.4) is 0 Å². The zero-order valence-corrected chi connectivity index (χ0v) is 17.0. The molecule has 10 heteroatoms. The Morgan fingerprint density at radius 2 is 1.97 bits per heavy atom. The number of hydrogen-bond donors (Lipinski definition) is 3. The summed E-state index contributed by atoms with van der Waals surface area (Å²) in [7, 11) is 0. The fourth-order valence-corrected chi connectivity index (χ4v) is 3.28. The summed E-state index contributed by atoms with van der Waals surface area (Å²) in [6.07, 6.45) is 2.74. The van der Waals surface area contributed by atoms with Crippen LogP contribution >= 0.6 is 11.6 Å². The number of amides is 2. The number of primary amides is 1. The predicted octanol–water partition coefficient (Wildman–Crippen LogP) is 3.73. The quantitative estimate of drug-likeness (QED) is 0.463. The van der Waals surface area contributed by atoms with Gasteiger partial charge in [-0.2, -0.15) is 13.9 Å². The van der Waals surface area contributed by atoms with Crippen molar-refractivity contribution in [2.24, 2.45) is 5.73 Å². The lowest BCUT2D eigenvalue weighted by Gasteiger charge is -2.10. The molecular formula is C21H19ClF2N4O3. The van der Waals surface area contributed by atoms with Crippen LogP contribution in [0.2, 0.25) is 5.02 Å². The maximum absolute atomic E-state index is 12.4. The lowest BCUT2D eigenvalue weighted by molar-refractivity contribution is -0.115. The summed E-state index contributed by atoms with van der Waals surface area (Å²) >= 11 is 5.92. The topological polar surface area (TPSA) is 110 Å². The first-order valence-electron chi connectivity index (χ1n) is 9.26. The third-order valence-electron chi connectivity index (χ3n) is 4.44. The second-order valence-electron chi connectivity index (χ2n) is 6.70. The van der Waals surface area contributed by atoms with E-state index in [1.807, 2.05) is 18.2 Å². The number of aromatic nitrogens is 2. The Kier molecular flexibility index (Phi) is 7.19. The molecular weight excluding hydrogens is 430 g/mol. The van der Waals surface area contributed by atoms with Gasteiger partial charge in [-0.3, -0.25) is 14.7 Å². The molecule has 1 aromatic heterocycles. The summed E-state index contributed by atoms with van der Waals surface area (Å²) in [6.45, 7) is -2.98. The van der Waals surface area contributed by atoms with E-state index in [0.29, 0.717) is 24.1 Å². The fourth-order valence-electron chi connectivity index (χ4n) is 3.03. The molecule has 0 bridgehead atoms. The lowest BCUT2D eigenvalue weighted by Crippen LogP contribution is -2.15. The van der Waals surface area contributed by atoms with Gasteiger partial charge < -0.3 is 15.8 Å². The van der Waals surface area contributed by atoms with Gasteiger partial charge in [0.25, 0.3) is 5.91 Å². The van der Waals surface area contributed by atoms with E-state index in [-0.39, 0.29) is 28.8 Å². The Bertz CT molecular complexity index is 1090. The van der Waals surface area contributed by atoms with Gasteiger partial charge in [0, 0.05) is 11.3 Å². The van der Waals surface area contributed by atoms with Crippen LogP contribution in [0.15, 0.2) is 48.7 Å². The molecule has 0 aliphatic carbocycles. The number of nitrogens with one attached hydrogen (secondary N) is 2. The van der Waals surface area contributed by atoms with E-state index in [0.717, 1.165) is 11.1 Å². The number of aromatic amines is 1. The maximum Gasteiger partial charge on any atom is 0.387 e. The molecule has 0 saturated heterocycles. The van der Waals surface area contributed by atoms with Crippen molar-refractivity contribution < 1.29 is 23.1 Å². The first kappa shape index (κ1) is 22.2. The summed E-state index contributed by atoms with van der Waals surface area (Å²) in [5.41, 5.74) is 8.42. The van der Waals surface area contributed by atoms with Crippen molar-refractivity contribution in [1.29, 1.82) is 0 Å². The van der Waals surface area contributed by atoms with Crippen molar-refractivity contribution in [1.82, 2.24) is 10.2 Å². The number of nitrogens with two attached hydrogens (primary N) is 1. The van der Waals surface area contributed by atoms with Gasteiger partial charge in [0.15, 0.2) is 0 Å². The molecule has 0 aliphatic heterocycles. The number of alkyl halides is 2. The van der Waals surface area contributed by atoms with E-state index in [2.05, 4.69) is 20.3 Å². The Labute approximate surface area is 181 Å². The monoisotopic (exact) mass is 448 g/mol. The van der Waals surface area contributed by atoms with Crippen molar-refractivity contribution in [2.75, 3.05) is 5.32 Å². The van der Waals surface area contributed by atoms with E-state index < -0.39 is 12.5 Å². The lowest BCUT2D eigenvalue weighted by atomic mass is 10.0. The number of H-pyrrole nitrogens is 1. The molecule has 3 aromatic rings. The highest BCUT2D eigenvalue weighted by atomic mass is 35.5. The standard InChI is InChI=1S/C21H19ClF2N4O3/c22-16-9-13(5-7-17(16)31-21(23)24)10-18(29)27-15-3-1-2-12(8-15)4-6-14-11-26-28-19(14)20(25)30/h1-3,5,7-9,11,21H,4,6,10H2,(H2,25,30)(H,26,28)(H,27,29). The minimum absolute atomic E-state index is 0.00201. The van der Waals surface area contributed by atoms with Crippen LogP contribution in [0.1, 0.15) is 27.2 Å². The number of benzene rings is 2. The Balaban J connectivity index is 1.59. The molecule has 4 N–H and O–H groups in total. The smallest absolute Gasteiger partial charge is 0.387 e. The second kappa shape index (κ2) is 10.0. The molecule has 0 saturated carbocycles. The molecule has 1 heterocycles. The van der Waals surface area contributed by atoms with Gasteiger partial charge in [-0.25, -0.2) is 0 Å². The first-order valence-corrected chi connectivity index (χ1v) is 9.63. The Morgan fingerprint density at radius 1 is 1.16 bits per heavy atom. The molecule has 31 heavy (non-hydrogen) atoms. The number of nitrogens with zero attached hydrogens (tertiary/aromatic N) is 1. The summed E-state index contributed by atoms with van der Waals surface area (Å²) in [4.78, 5) is 23.7. The van der Waals surface area contributed by atoms with Gasteiger partial charge in [-0.1, -0.05) is 29.8 Å². The predicted molar refractivity (Wildman–Crippen MR) is 111 cm³/mol. The zero-order chi connectivity index (χ0) is 22.4. The number of carbonyl (C=O) groups excluding carboxylic acids is 2. The first-order chi connectivity index (χ1) is 14.8. The molecule has 0 fully saturated rings.